The highest BCUT2D eigenvalue weighted by Gasteiger charge is 2.41. The molecule has 20 heavy (non-hydrogen) atoms. The van der Waals surface area contributed by atoms with E-state index in [1.807, 2.05) is 6.92 Å². The van der Waals surface area contributed by atoms with Gasteiger partial charge >= 0.3 is 0 Å². The van der Waals surface area contributed by atoms with Gasteiger partial charge < -0.3 is 15.7 Å². The standard InChI is InChI=1S/C15H26N4O/c1-4-6-12-18-13(16-5-2)11(3)14(19-12)17-9-15(10-20)7-8-15/h20H,4-10H2,1-3H3,(H2,16,17,18,19). The lowest BCUT2D eigenvalue weighted by molar-refractivity contribution is 0.219. The lowest BCUT2D eigenvalue weighted by Crippen LogP contribution is -2.21. The number of rotatable bonds is 8. The largest absolute Gasteiger partial charge is 0.396 e. The lowest BCUT2D eigenvalue weighted by Gasteiger charge is -2.17. The van der Waals surface area contributed by atoms with Crippen LogP contribution in [0.3, 0.4) is 0 Å². The zero-order valence-corrected chi connectivity index (χ0v) is 12.8. The summed E-state index contributed by atoms with van der Waals surface area (Å²) in [6, 6.07) is 0. The number of nitrogens with one attached hydrogen (secondary N) is 2. The van der Waals surface area contributed by atoms with E-state index in [1.54, 1.807) is 0 Å². The van der Waals surface area contributed by atoms with E-state index in [4.69, 9.17) is 0 Å². The Morgan fingerprint density at radius 1 is 1.15 bits per heavy atom. The van der Waals surface area contributed by atoms with Crippen LogP contribution in [-0.4, -0.2) is 34.8 Å². The first-order valence-electron chi connectivity index (χ1n) is 7.60. The van der Waals surface area contributed by atoms with Crippen molar-refractivity contribution in [3.63, 3.8) is 0 Å². The van der Waals surface area contributed by atoms with E-state index >= 15 is 0 Å². The normalized spacial score (nSPS) is 16.0. The van der Waals surface area contributed by atoms with Crippen LogP contribution in [0.1, 0.15) is 44.5 Å². The van der Waals surface area contributed by atoms with Crippen LogP contribution in [0.4, 0.5) is 11.6 Å². The summed E-state index contributed by atoms with van der Waals surface area (Å²) in [6.45, 7) is 8.13. The smallest absolute Gasteiger partial charge is 0.134 e. The molecule has 0 aliphatic heterocycles. The molecule has 0 spiro atoms. The molecule has 1 heterocycles. The zero-order chi connectivity index (χ0) is 14.6. The molecule has 0 aromatic carbocycles. The Hall–Kier alpha value is -1.36. The van der Waals surface area contributed by atoms with E-state index in [2.05, 4.69) is 34.4 Å². The Bertz CT molecular complexity index is 457. The molecule has 0 bridgehead atoms. The molecule has 1 aliphatic rings. The van der Waals surface area contributed by atoms with Crippen LogP contribution in [0, 0.1) is 12.3 Å². The Labute approximate surface area is 121 Å². The van der Waals surface area contributed by atoms with E-state index in [0.717, 1.165) is 61.8 Å². The Morgan fingerprint density at radius 2 is 1.80 bits per heavy atom. The monoisotopic (exact) mass is 278 g/mol. The molecule has 2 rings (SSSR count). The van der Waals surface area contributed by atoms with E-state index < -0.39 is 0 Å². The van der Waals surface area contributed by atoms with Crippen LogP contribution in [0.5, 0.6) is 0 Å². The number of aryl methyl sites for hydroxylation is 1. The van der Waals surface area contributed by atoms with Gasteiger partial charge in [-0.25, -0.2) is 9.97 Å². The number of hydrogen-bond donors (Lipinski definition) is 3. The minimum Gasteiger partial charge on any atom is -0.396 e. The van der Waals surface area contributed by atoms with Gasteiger partial charge in [-0.05, 0) is 33.1 Å². The minimum atomic E-state index is 0.0840. The highest BCUT2D eigenvalue weighted by molar-refractivity contribution is 5.57. The molecule has 0 saturated heterocycles. The number of anilines is 2. The van der Waals surface area contributed by atoms with Crippen LogP contribution < -0.4 is 10.6 Å². The molecule has 112 valence electrons. The van der Waals surface area contributed by atoms with Gasteiger partial charge in [0.1, 0.15) is 17.5 Å². The molecule has 1 saturated carbocycles. The number of aromatic nitrogens is 2. The number of nitrogens with zero attached hydrogens (tertiary/aromatic N) is 2. The van der Waals surface area contributed by atoms with Gasteiger partial charge in [0, 0.05) is 30.5 Å². The van der Waals surface area contributed by atoms with Gasteiger partial charge in [-0.1, -0.05) is 6.92 Å². The fourth-order valence-corrected chi connectivity index (χ4v) is 2.25. The average molecular weight is 278 g/mol. The van der Waals surface area contributed by atoms with Crippen molar-refractivity contribution in [3.8, 4) is 0 Å². The third-order valence-electron chi connectivity index (χ3n) is 3.93. The maximum atomic E-state index is 9.40. The fraction of sp³-hybridized carbons (Fsp3) is 0.733. The van der Waals surface area contributed by atoms with E-state index in [9.17, 15) is 5.11 Å². The molecule has 5 heteroatoms. The summed E-state index contributed by atoms with van der Waals surface area (Å²) in [5, 5.41) is 16.1. The molecule has 1 fully saturated rings. The van der Waals surface area contributed by atoms with Crippen LogP contribution in [0.15, 0.2) is 0 Å². The van der Waals surface area contributed by atoms with E-state index in [1.165, 1.54) is 0 Å². The quantitative estimate of drug-likeness (QED) is 0.681. The highest BCUT2D eigenvalue weighted by atomic mass is 16.3. The van der Waals surface area contributed by atoms with Gasteiger partial charge in [0.05, 0.1) is 6.61 Å². The SMILES string of the molecule is CCCc1nc(NCC)c(C)c(NCC2(CO)CC2)n1. The van der Waals surface area contributed by atoms with E-state index in [0.29, 0.717) is 0 Å². The van der Waals surface area contributed by atoms with Gasteiger partial charge in [0.25, 0.3) is 0 Å². The predicted molar refractivity (Wildman–Crippen MR) is 82.2 cm³/mol. The number of aliphatic hydroxyl groups excluding tert-OH is 1. The molecule has 1 aromatic rings. The molecule has 1 aliphatic carbocycles. The fourth-order valence-electron chi connectivity index (χ4n) is 2.25. The summed E-state index contributed by atoms with van der Waals surface area (Å²) < 4.78 is 0. The topological polar surface area (TPSA) is 70.1 Å². The molecular formula is C15H26N4O. The van der Waals surface area contributed by atoms with Crippen LogP contribution in [-0.2, 0) is 6.42 Å². The summed E-state index contributed by atoms with van der Waals surface area (Å²) >= 11 is 0. The average Bonchev–Trinajstić information content (AvgIpc) is 3.22. The molecule has 3 N–H and O–H groups in total. The van der Waals surface area contributed by atoms with Crippen molar-refractivity contribution in [1.29, 1.82) is 0 Å². The van der Waals surface area contributed by atoms with Crippen molar-refractivity contribution in [3.05, 3.63) is 11.4 Å². The molecule has 1 aromatic heterocycles. The second kappa shape index (κ2) is 6.39. The second-order valence-electron chi connectivity index (χ2n) is 5.75. The molecule has 5 nitrogen and oxygen atoms in total. The highest BCUT2D eigenvalue weighted by Crippen LogP contribution is 2.45. The van der Waals surface area contributed by atoms with Gasteiger partial charge in [-0.2, -0.15) is 0 Å². The first kappa shape index (κ1) is 15.0. The summed E-state index contributed by atoms with van der Waals surface area (Å²) in [5.41, 5.74) is 1.14. The maximum Gasteiger partial charge on any atom is 0.134 e. The minimum absolute atomic E-state index is 0.0840. The first-order chi connectivity index (χ1) is 9.64. The predicted octanol–water partition coefficient (Wildman–Crippen LogP) is 2.35. The van der Waals surface area contributed by atoms with Gasteiger partial charge in [-0.15, -0.1) is 0 Å². The number of aliphatic hydroxyl groups is 1. The number of hydrogen-bond acceptors (Lipinski definition) is 5. The molecule has 0 atom stereocenters. The lowest BCUT2D eigenvalue weighted by atomic mass is 10.1. The van der Waals surface area contributed by atoms with Crippen molar-refractivity contribution in [2.45, 2.75) is 46.5 Å². The molecular weight excluding hydrogens is 252 g/mol. The van der Waals surface area contributed by atoms with Crippen molar-refractivity contribution in [1.82, 2.24) is 9.97 Å². The molecule has 0 unspecified atom stereocenters. The van der Waals surface area contributed by atoms with Crippen molar-refractivity contribution >= 4 is 11.6 Å². The third kappa shape index (κ3) is 3.39. The van der Waals surface area contributed by atoms with Crippen LogP contribution in [0.2, 0.25) is 0 Å². The Kier molecular flexibility index (Phi) is 4.81. The van der Waals surface area contributed by atoms with Gasteiger partial charge in [-0.3, -0.25) is 0 Å². The van der Waals surface area contributed by atoms with Crippen molar-refractivity contribution < 1.29 is 5.11 Å². The summed E-state index contributed by atoms with van der Waals surface area (Å²) in [7, 11) is 0. The summed E-state index contributed by atoms with van der Waals surface area (Å²) in [4.78, 5) is 9.21. The van der Waals surface area contributed by atoms with Crippen molar-refractivity contribution in [2.24, 2.45) is 5.41 Å². The summed E-state index contributed by atoms with van der Waals surface area (Å²) in [5.74, 6) is 2.70. The molecule has 0 amide bonds. The van der Waals surface area contributed by atoms with Crippen LogP contribution >= 0.6 is 0 Å². The molecule has 0 radical (unpaired) electrons. The zero-order valence-electron chi connectivity index (χ0n) is 12.8. The van der Waals surface area contributed by atoms with Gasteiger partial charge in [0.2, 0.25) is 0 Å². The maximum absolute atomic E-state index is 9.40. The van der Waals surface area contributed by atoms with Gasteiger partial charge in [0.15, 0.2) is 0 Å². The Balaban J connectivity index is 2.16. The first-order valence-corrected chi connectivity index (χ1v) is 7.60. The van der Waals surface area contributed by atoms with Crippen LogP contribution in [0.25, 0.3) is 0 Å². The Morgan fingerprint density at radius 3 is 2.30 bits per heavy atom. The van der Waals surface area contributed by atoms with E-state index in [-0.39, 0.29) is 12.0 Å². The summed E-state index contributed by atoms with van der Waals surface area (Å²) in [6.07, 6.45) is 4.12. The second-order valence-corrected chi connectivity index (χ2v) is 5.75. The van der Waals surface area contributed by atoms with Crippen molar-refractivity contribution in [2.75, 3.05) is 30.3 Å². The third-order valence-corrected chi connectivity index (χ3v) is 3.93.